The van der Waals surface area contributed by atoms with Crippen molar-refractivity contribution in [3.8, 4) is 16.9 Å². The minimum atomic E-state index is 0.902. The van der Waals surface area contributed by atoms with Gasteiger partial charge >= 0.3 is 0 Å². The van der Waals surface area contributed by atoms with Gasteiger partial charge in [-0.1, -0.05) is 30.3 Å². The average Bonchev–Trinajstić information content (AvgIpc) is 2.30. The summed E-state index contributed by atoms with van der Waals surface area (Å²) in [4.78, 5) is 0. The van der Waals surface area contributed by atoms with Crippen LogP contribution in [-0.2, 0) is 0 Å². The molecule has 0 bridgehead atoms. The van der Waals surface area contributed by atoms with Gasteiger partial charge in [0.2, 0.25) is 0 Å². The molecule has 75 valence electrons. The Morgan fingerprint density at radius 3 is 2.40 bits per heavy atom. The molecular weight excluding hydrogens is 184 g/mol. The van der Waals surface area contributed by atoms with Crippen LogP contribution in [0.3, 0.4) is 0 Å². The zero-order valence-electron chi connectivity index (χ0n) is 8.95. The van der Waals surface area contributed by atoms with Crippen molar-refractivity contribution in [3.63, 3.8) is 0 Å². The molecule has 0 unspecified atom stereocenters. The van der Waals surface area contributed by atoms with Crippen molar-refractivity contribution in [2.75, 3.05) is 7.11 Å². The first-order chi connectivity index (χ1) is 7.31. The van der Waals surface area contributed by atoms with Crippen LogP contribution in [0.5, 0.6) is 5.75 Å². The summed E-state index contributed by atoms with van der Waals surface area (Å²) in [6.45, 7) is 2.09. The van der Waals surface area contributed by atoms with Crippen LogP contribution in [0, 0.1) is 13.0 Å². The molecule has 1 nitrogen and oxygen atoms in total. The van der Waals surface area contributed by atoms with E-state index in [9.17, 15) is 0 Å². The standard InChI is InChI=1S/C14H13O/c1-11-10-13(15-2)8-9-14(11)12-6-4-3-5-7-12/h4-10H,1-2H3. The molecular formula is C14H13O. The van der Waals surface area contributed by atoms with Gasteiger partial charge in [-0.3, -0.25) is 0 Å². The van der Waals surface area contributed by atoms with E-state index >= 15 is 0 Å². The number of benzene rings is 2. The summed E-state index contributed by atoms with van der Waals surface area (Å²) in [5.74, 6) is 0.902. The Morgan fingerprint density at radius 2 is 1.80 bits per heavy atom. The average molecular weight is 197 g/mol. The van der Waals surface area contributed by atoms with Crippen LogP contribution in [0.1, 0.15) is 5.56 Å². The van der Waals surface area contributed by atoms with Crippen LogP contribution in [0.25, 0.3) is 11.1 Å². The van der Waals surface area contributed by atoms with Crippen LogP contribution < -0.4 is 4.74 Å². The largest absolute Gasteiger partial charge is 0.497 e. The van der Waals surface area contributed by atoms with E-state index < -0.39 is 0 Å². The molecule has 0 aliphatic heterocycles. The SMILES string of the molecule is COc1ccc(-c2cc[c]cc2)c(C)c1. The lowest BCUT2D eigenvalue weighted by Crippen LogP contribution is -1.86. The zero-order valence-corrected chi connectivity index (χ0v) is 8.95. The quantitative estimate of drug-likeness (QED) is 0.716. The van der Waals surface area contributed by atoms with E-state index in [0.717, 1.165) is 5.75 Å². The van der Waals surface area contributed by atoms with Gasteiger partial charge < -0.3 is 4.74 Å². The van der Waals surface area contributed by atoms with Crippen molar-refractivity contribution < 1.29 is 4.74 Å². The molecule has 1 radical (unpaired) electrons. The molecule has 0 saturated carbocycles. The van der Waals surface area contributed by atoms with E-state index in [4.69, 9.17) is 4.74 Å². The summed E-state index contributed by atoms with van der Waals surface area (Å²) < 4.78 is 5.18. The van der Waals surface area contributed by atoms with Crippen LogP contribution in [0.4, 0.5) is 0 Å². The normalized spacial score (nSPS) is 10.0. The molecule has 0 aromatic heterocycles. The van der Waals surface area contributed by atoms with Gasteiger partial charge in [0.1, 0.15) is 5.75 Å². The van der Waals surface area contributed by atoms with Gasteiger partial charge in [0.15, 0.2) is 0 Å². The van der Waals surface area contributed by atoms with Crippen LogP contribution in [0.2, 0.25) is 0 Å². The van der Waals surface area contributed by atoms with Gasteiger partial charge in [-0.2, -0.15) is 0 Å². The second-order valence-electron chi connectivity index (χ2n) is 3.47. The molecule has 2 aromatic rings. The van der Waals surface area contributed by atoms with Crippen LogP contribution in [-0.4, -0.2) is 7.11 Å². The van der Waals surface area contributed by atoms with E-state index in [1.165, 1.54) is 16.7 Å². The third kappa shape index (κ3) is 2.01. The number of ether oxygens (including phenoxy) is 1. The Morgan fingerprint density at radius 1 is 1.07 bits per heavy atom. The molecule has 2 rings (SSSR count). The number of hydrogen-bond acceptors (Lipinski definition) is 1. The number of rotatable bonds is 2. The first-order valence-corrected chi connectivity index (χ1v) is 4.92. The number of aryl methyl sites for hydroxylation is 1. The van der Waals surface area contributed by atoms with Crippen molar-refractivity contribution >= 4 is 0 Å². The lowest BCUT2D eigenvalue weighted by Gasteiger charge is -2.07. The summed E-state index contributed by atoms with van der Waals surface area (Å²) in [5, 5.41) is 0. The molecule has 15 heavy (non-hydrogen) atoms. The smallest absolute Gasteiger partial charge is 0.119 e. The maximum atomic E-state index is 5.18. The highest BCUT2D eigenvalue weighted by Crippen LogP contribution is 2.26. The van der Waals surface area contributed by atoms with Crippen molar-refractivity contribution in [2.24, 2.45) is 0 Å². The van der Waals surface area contributed by atoms with Crippen LogP contribution >= 0.6 is 0 Å². The first kappa shape index (κ1) is 9.78. The fourth-order valence-electron chi connectivity index (χ4n) is 1.65. The molecule has 0 saturated heterocycles. The maximum Gasteiger partial charge on any atom is 0.119 e. The molecule has 0 heterocycles. The van der Waals surface area contributed by atoms with Gasteiger partial charge in [-0.05, 0) is 41.8 Å². The Labute approximate surface area is 90.3 Å². The Balaban J connectivity index is 2.46. The second-order valence-corrected chi connectivity index (χ2v) is 3.47. The van der Waals surface area contributed by atoms with E-state index in [2.05, 4.69) is 31.2 Å². The fraction of sp³-hybridized carbons (Fsp3) is 0.143. The minimum absolute atomic E-state index is 0.902. The molecule has 0 aliphatic rings. The maximum absolute atomic E-state index is 5.18. The Bertz CT molecular complexity index is 446. The second kappa shape index (κ2) is 4.18. The molecule has 2 aromatic carbocycles. The highest BCUT2D eigenvalue weighted by molar-refractivity contribution is 5.67. The molecule has 0 fully saturated rings. The van der Waals surface area contributed by atoms with Gasteiger partial charge in [0.05, 0.1) is 7.11 Å². The third-order valence-corrected chi connectivity index (χ3v) is 2.46. The van der Waals surface area contributed by atoms with E-state index in [1.54, 1.807) is 7.11 Å². The molecule has 1 heteroatoms. The summed E-state index contributed by atoms with van der Waals surface area (Å²) in [6.07, 6.45) is 0. The van der Waals surface area contributed by atoms with Crippen molar-refractivity contribution in [1.29, 1.82) is 0 Å². The first-order valence-electron chi connectivity index (χ1n) is 4.92. The predicted octanol–water partition coefficient (Wildman–Crippen LogP) is 3.47. The zero-order chi connectivity index (χ0) is 10.7. The lowest BCUT2D eigenvalue weighted by molar-refractivity contribution is 0.414. The molecule has 0 N–H and O–H groups in total. The van der Waals surface area contributed by atoms with Crippen molar-refractivity contribution in [3.05, 3.63) is 54.1 Å². The lowest BCUT2D eigenvalue weighted by atomic mass is 10.0. The predicted molar refractivity (Wildman–Crippen MR) is 62.0 cm³/mol. The van der Waals surface area contributed by atoms with E-state index in [-0.39, 0.29) is 0 Å². The Kier molecular flexibility index (Phi) is 2.72. The highest BCUT2D eigenvalue weighted by atomic mass is 16.5. The Hall–Kier alpha value is -1.76. The van der Waals surface area contributed by atoms with E-state index in [0.29, 0.717) is 0 Å². The van der Waals surface area contributed by atoms with Gasteiger partial charge in [-0.15, -0.1) is 0 Å². The highest BCUT2D eigenvalue weighted by Gasteiger charge is 2.01. The fourth-order valence-corrected chi connectivity index (χ4v) is 1.65. The van der Waals surface area contributed by atoms with Crippen molar-refractivity contribution in [2.45, 2.75) is 6.92 Å². The minimum Gasteiger partial charge on any atom is -0.497 e. The van der Waals surface area contributed by atoms with Gasteiger partial charge in [0, 0.05) is 0 Å². The van der Waals surface area contributed by atoms with Crippen LogP contribution in [0.15, 0.2) is 42.5 Å². The van der Waals surface area contributed by atoms with Crippen molar-refractivity contribution in [1.82, 2.24) is 0 Å². The number of methoxy groups -OCH3 is 1. The third-order valence-electron chi connectivity index (χ3n) is 2.46. The molecule has 0 aliphatic carbocycles. The topological polar surface area (TPSA) is 9.23 Å². The summed E-state index contributed by atoms with van der Waals surface area (Å²) in [6, 6.07) is 17.1. The van der Waals surface area contributed by atoms with E-state index in [1.807, 2.05) is 24.3 Å². The summed E-state index contributed by atoms with van der Waals surface area (Å²) >= 11 is 0. The summed E-state index contributed by atoms with van der Waals surface area (Å²) in [5.41, 5.74) is 3.68. The monoisotopic (exact) mass is 197 g/mol. The van der Waals surface area contributed by atoms with Gasteiger partial charge in [0.25, 0.3) is 0 Å². The number of hydrogen-bond donors (Lipinski definition) is 0. The summed E-state index contributed by atoms with van der Waals surface area (Å²) in [7, 11) is 1.69. The van der Waals surface area contributed by atoms with Gasteiger partial charge in [-0.25, -0.2) is 0 Å². The molecule has 0 atom stereocenters. The molecule has 0 spiro atoms. The molecule has 0 amide bonds.